The first kappa shape index (κ1) is 19.1. The molecule has 0 saturated carbocycles. The lowest BCUT2D eigenvalue weighted by molar-refractivity contribution is 0.0746. The standard InChI is InChI=1S/C21H27FN4O/c1-3-4-11-24(2)20-16-17(9-10-23-20)21(27)26-14-12-25(13-15-26)19-8-6-5-7-18(19)22/h5-10,16H,3-4,11-15H2,1-2H3. The van der Waals surface area contributed by atoms with E-state index in [1.54, 1.807) is 24.4 Å². The number of para-hydroxylation sites is 1. The van der Waals surface area contributed by atoms with Gasteiger partial charge < -0.3 is 14.7 Å². The van der Waals surface area contributed by atoms with Gasteiger partial charge in [0.25, 0.3) is 5.91 Å². The molecule has 0 N–H and O–H groups in total. The molecule has 0 radical (unpaired) electrons. The summed E-state index contributed by atoms with van der Waals surface area (Å²) in [5, 5.41) is 0. The number of halogens is 1. The van der Waals surface area contributed by atoms with E-state index in [0.717, 1.165) is 25.2 Å². The second kappa shape index (κ2) is 8.84. The van der Waals surface area contributed by atoms with E-state index < -0.39 is 0 Å². The van der Waals surface area contributed by atoms with Crippen LogP contribution in [0.1, 0.15) is 30.1 Å². The Morgan fingerprint density at radius 3 is 2.63 bits per heavy atom. The third-order valence-corrected chi connectivity index (χ3v) is 4.99. The van der Waals surface area contributed by atoms with Crippen LogP contribution in [0.15, 0.2) is 42.6 Å². The number of unbranched alkanes of at least 4 members (excludes halogenated alkanes) is 1. The van der Waals surface area contributed by atoms with Crippen molar-refractivity contribution in [3.63, 3.8) is 0 Å². The maximum Gasteiger partial charge on any atom is 0.254 e. The smallest absolute Gasteiger partial charge is 0.254 e. The molecule has 2 aromatic rings. The Hall–Kier alpha value is -2.63. The summed E-state index contributed by atoms with van der Waals surface area (Å²) in [5.74, 6) is 0.612. The topological polar surface area (TPSA) is 39.7 Å². The minimum atomic E-state index is -0.217. The Kier molecular flexibility index (Phi) is 6.27. The molecule has 1 aliphatic heterocycles. The second-order valence-corrected chi connectivity index (χ2v) is 6.91. The molecule has 1 aromatic heterocycles. The normalized spacial score (nSPS) is 14.3. The van der Waals surface area contributed by atoms with E-state index in [1.807, 2.05) is 29.0 Å². The fraction of sp³-hybridized carbons (Fsp3) is 0.429. The minimum Gasteiger partial charge on any atom is -0.366 e. The fourth-order valence-electron chi connectivity index (χ4n) is 3.31. The van der Waals surface area contributed by atoms with Gasteiger partial charge in [0.1, 0.15) is 11.6 Å². The average Bonchev–Trinajstić information content (AvgIpc) is 2.72. The number of carbonyl (C=O) groups is 1. The zero-order valence-electron chi connectivity index (χ0n) is 16.1. The van der Waals surface area contributed by atoms with Crippen LogP contribution in [-0.4, -0.2) is 55.6 Å². The van der Waals surface area contributed by atoms with Crippen LogP contribution in [-0.2, 0) is 0 Å². The van der Waals surface area contributed by atoms with Crippen molar-refractivity contribution < 1.29 is 9.18 Å². The maximum atomic E-state index is 14.0. The zero-order chi connectivity index (χ0) is 19.2. The minimum absolute atomic E-state index is 0.00993. The number of nitrogens with zero attached hydrogens (tertiary/aromatic N) is 4. The molecule has 1 aliphatic rings. The number of pyridine rings is 1. The molecule has 1 saturated heterocycles. The molecule has 2 heterocycles. The van der Waals surface area contributed by atoms with Crippen molar-refractivity contribution in [1.82, 2.24) is 9.88 Å². The van der Waals surface area contributed by atoms with Crippen molar-refractivity contribution in [2.75, 3.05) is 49.6 Å². The Morgan fingerprint density at radius 2 is 1.93 bits per heavy atom. The third-order valence-electron chi connectivity index (χ3n) is 4.99. The Bertz CT molecular complexity index is 774. The highest BCUT2D eigenvalue weighted by Crippen LogP contribution is 2.21. The summed E-state index contributed by atoms with van der Waals surface area (Å²) >= 11 is 0. The third kappa shape index (κ3) is 4.56. The number of amides is 1. The molecule has 144 valence electrons. The largest absolute Gasteiger partial charge is 0.366 e. The summed E-state index contributed by atoms with van der Waals surface area (Å²) in [6.45, 7) is 5.49. The predicted molar refractivity (Wildman–Crippen MR) is 107 cm³/mol. The van der Waals surface area contributed by atoms with Crippen molar-refractivity contribution in [2.24, 2.45) is 0 Å². The lowest BCUT2D eigenvalue weighted by atomic mass is 10.2. The van der Waals surface area contributed by atoms with Gasteiger partial charge in [0, 0.05) is 51.5 Å². The Balaban J connectivity index is 1.63. The van der Waals surface area contributed by atoms with E-state index in [-0.39, 0.29) is 11.7 Å². The summed E-state index contributed by atoms with van der Waals surface area (Å²) in [4.78, 5) is 23.2. The number of hydrogen-bond acceptors (Lipinski definition) is 4. The first-order chi connectivity index (χ1) is 13.1. The predicted octanol–water partition coefficient (Wildman–Crippen LogP) is 3.42. The van der Waals surface area contributed by atoms with E-state index in [2.05, 4.69) is 16.8 Å². The molecule has 27 heavy (non-hydrogen) atoms. The molecular weight excluding hydrogens is 343 g/mol. The molecule has 5 nitrogen and oxygen atoms in total. The lowest BCUT2D eigenvalue weighted by Gasteiger charge is -2.36. The van der Waals surface area contributed by atoms with Gasteiger partial charge in [-0.3, -0.25) is 4.79 Å². The first-order valence-electron chi connectivity index (χ1n) is 9.56. The highest BCUT2D eigenvalue weighted by atomic mass is 19.1. The second-order valence-electron chi connectivity index (χ2n) is 6.91. The highest BCUT2D eigenvalue weighted by molar-refractivity contribution is 5.95. The van der Waals surface area contributed by atoms with Crippen molar-refractivity contribution in [3.8, 4) is 0 Å². The molecule has 0 bridgehead atoms. The average molecular weight is 370 g/mol. The van der Waals surface area contributed by atoms with Crippen LogP contribution in [0.2, 0.25) is 0 Å². The summed E-state index contributed by atoms with van der Waals surface area (Å²) in [6.07, 6.45) is 3.91. The van der Waals surface area contributed by atoms with Crippen LogP contribution >= 0.6 is 0 Å². The van der Waals surface area contributed by atoms with E-state index in [1.165, 1.54) is 6.07 Å². The molecule has 1 aromatic carbocycles. The number of hydrogen-bond donors (Lipinski definition) is 0. The van der Waals surface area contributed by atoms with Gasteiger partial charge in [-0.1, -0.05) is 25.5 Å². The molecule has 1 amide bonds. The molecule has 1 fully saturated rings. The monoisotopic (exact) mass is 370 g/mol. The quantitative estimate of drug-likeness (QED) is 0.781. The molecule has 0 spiro atoms. The lowest BCUT2D eigenvalue weighted by Crippen LogP contribution is -2.49. The molecule has 0 unspecified atom stereocenters. The highest BCUT2D eigenvalue weighted by Gasteiger charge is 2.24. The van der Waals surface area contributed by atoms with Gasteiger partial charge in [-0.25, -0.2) is 9.37 Å². The number of aromatic nitrogens is 1. The van der Waals surface area contributed by atoms with Crippen LogP contribution in [0.5, 0.6) is 0 Å². The number of anilines is 2. The van der Waals surface area contributed by atoms with E-state index in [9.17, 15) is 9.18 Å². The van der Waals surface area contributed by atoms with Crippen LogP contribution < -0.4 is 9.80 Å². The zero-order valence-corrected chi connectivity index (χ0v) is 16.1. The van der Waals surface area contributed by atoms with Gasteiger partial charge in [0.15, 0.2) is 0 Å². The van der Waals surface area contributed by atoms with Gasteiger partial charge >= 0.3 is 0 Å². The molecule has 6 heteroatoms. The number of carbonyl (C=O) groups excluding carboxylic acids is 1. The Morgan fingerprint density at radius 1 is 1.19 bits per heavy atom. The molecule has 0 atom stereocenters. The summed E-state index contributed by atoms with van der Waals surface area (Å²) in [7, 11) is 2.00. The first-order valence-corrected chi connectivity index (χ1v) is 9.56. The SMILES string of the molecule is CCCCN(C)c1cc(C(=O)N2CCN(c3ccccc3F)CC2)ccn1. The van der Waals surface area contributed by atoms with Gasteiger partial charge in [-0.2, -0.15) is 0 Å². The van der Waals surface area contributed by atoms with Crippen LogP contribution in [0.3, 0.4) is 0 Å². The van der Waals surface area contributed by atoms with E-state index >= 15 is 0 Å². The van der Waals surface area contributed by atoms with Crippen molar-refractivity contribution in [1.29, 1.82) is 0 Å². The number of benzene rings is 1. The van der Waals surface area contributed by atoms with Crippen LogP contribution in [0.4, 0.5) is 15.9 Å². The van der Waals surface area contributed by atoms with Gasteiger partial charge in [-0.05, 0) is 30.7 Å². The summed E-state index contributed by atoms with van der Waals surface area (Å²) in [6, 6.07) is 10.4. The molecule has 3 rings (SSSR count). The van der Waals surface area contributed by atoms with Crippen LogP contribution in [0, 0.1) is 5.82 Å². The fourth-order valence-corrected chi connectivity index (χ4v) is 3.31. The number of piperazine rings is 1. The molecular formula is C21H27FN4O. The van der Waals surface area contributed by atoms with E-state index in [0.29, 0.717) is 37.4 Å². The summed E-state index contributed by atoms with van der Waals surface area (Å²) in [5.41, 5.74) is 1.26. The van der Waals surface area contributed by atoms with Gasteiger partial charge in [0.05, 0.1) is 5.69 Å². The van der Waals surface area contributed by atoms with Crippen molar-refractivity contribution in [3.05, 3.63) is 54.0 Å². The van der Waals surface area contributed by atoms with Gasteiger partial charge in [0.2, 0.25) is 0 Å². The summed E-state index contributed by atoms with van der Waals surface area (Å²) < 4.78 is 14.0. The maximum absolute atomic E-state index is 14.0. The Labute approximate surface area is 160 Å². The molecule has 0 aliphatic carbocycles. The van der Waals surface area contributed by atoms with Gasteiger partial charge in [-0.15, -0.1) is 0 Å². The van der Waals surface area contributed by atoms with Crippen LogP contribution in [0.25, 0.3) is 0 Å². The van der Waals surface area contributed by atoms with Crippen molar-refractivity contribution in [2.45, 2.75) is 19.8 Å². The number of rotatable bonds is 6. The van der Waals surface area contributed by atoms with E-state index in [4.69, 9.17) is 0 Å². The van der Waals surface area contributed by atoms with Crippen molar-refractivity contribution >= 4 is 17.4 Å².